The molecule has 0 N–H and O–H groups in total. The number of nitro groups is 1. The fraction of sp³-hybridized carbons (Fsp3) is 0.133. The Morgan fingerprint density at radius 3 is 2.54 bits per heavy atom. The molecule has 0 amide bonds. The van der Waals surface area contributed by atoms with Crippen molar-refractivity contribution in [2.75, 3.05) is 18.0 Å². The third-order valence-corrected chi connectivity index (χ3v) is 5.40. The first kappa shape index (κ1) is 20.0. The summed E-state index contributed by atoms with van der Waals surface area (Å²) in [6, 6.07) is 8.62. The van der Waals surface area contributed by atoms with Crippen molar-refractivity contribution in [3.8, 4) is 5.75 Å². The van der Waals surface area contributed by atoms with Crippen molar-refractivity contribution in [2.24, 2.45) is 0 Å². The summed E-state index contributed by atoms with van der Waals surface area (Å²) in [7, 11) is -3.06. The van der Waals surface area contributed by atoms with Crippen molar-refractivity contribution in [3.05, 3.63) is 57.6 Å². The van der Waals surface area contributed by atoms with Gasteiger partial charge in [-0.15, -0.1) is 0 Å². The maximum atomic E-state index is 13.0. The first-order valence-electron chi connectivity index (χ1n) is 6.96. The Kier molecular flexibility index (Phi) is 6.06. The van der Waals surface area contributed by atoms with E-state index in [1.165, 1.54) is 37.4 Å². The fourth-order valence-electron chi connectivity index (χ4n) is 2.16. The smallest absolute Gasteiger partial charge is 0.270 e. The van der Waals surface area contributed by atoms with E-state index in [9.17, 15) is 23.3 Å². The highest BCUT2D eigenvalue weighted by Crippen LogP contribution is 2.35. The molecule has 0 fully saturated rings. The first-order valence-corrected chi connectivity index (χ1v) is 9.15. The highest BCUT2D eigenvalue weighted by Gasteiger charge is 2.30. The van der Waals surface area contributed by atoms with Crippen LogP contribution in [0.4, 0.5) is 11.4 Å². The molecule has 0 radical (unpaired) electrons. The molecular formula is C15H12Cl2N2O6S. The largest absolute Gasteiger partial charge is 0.495 e. The monoisotopic (exact) mass is 418 g/mol. The van der Waals surface area contributed by atoms with Crippen LogP contribution in [0.25, 0.3) is 0 Å². The van der Waals surface area contributed by atoms with Crippen molar-refractivity contribution < 1.29 is 22.9 Å². The normalized spacial score (nSPS) is 11.0. The molecular weight excluding hydrogens is 407 g/mol. The number of hydrogen-bond donors (Lipinski definition) is 0. The Morgan fingerprint density at radius 1 is 1.27 bits per heavy atom. The van der Waals surface area contributed by atoms with Crippen molar-refractivity contribution >= 4 is 49.8 Å². The van der Waals surface area contributed by atoms with Gasteiger partial charge in [0.25, 0.3) is 15.7 Å². The van der Waals surface area contributed by atoms with Gasteiger partial charge in [-0.1, -0.05) is 17.7 Å². The Morgan fingerprint density at radius 2 is 1.96 bits per heavy atom. The first-order chi connectivity index (χ1) is 12.2. The summed E-state index contributed by atoms with van der Waals surface area (Å²) < 4.78 is 31.8. The molecule has 0 atom stereocenters. The van der Waals surface area contributed by atoms with Crippen LogP contribution in [0.15, 0.2) is 47.4 Å². The van der Waals surface area contributed by atoms with Gasteiger partial charge in [0.15, 0.2) is 0 Å². The number of sulfonamides is 1. The molecule has 8 nitrogen and oxygen atoms in total. The molecule has 0 aromatic heterocycles. The standard InChI is InChI=1S/C15H12Cl2N2O6S/c1-25-14-6-5-10(16)7-13(14)18(9-15(17)20)26(23,24)12-4-2-3-11(8-12)19(21)22/h2-8H,9H2,1H3. The van der Waals surface area contributed by atoms with E-state index in [0.29, 0.717) is 4.31 Å². The topological polar surface area (TPSA) is 107 Å². The van der Waals surface area contributed by atoms with Crippen LogP contribution in [-0.2, 0) is 14.8 Å². The molecule has 2 aromatic rings. The van der Waals surface area contributed by atoms with E-state index >= 15 is 0 Å². The highest BCUT2D eigenvalue weighted by atomic mass is 35.5. The van der Waals surface area contributed by atoms with Gasteiger partial charge in [-0.3, -0.25) is 19.2 Å². The van der Waals surface area contributed by atoms with Gasteiger partial charge < -0.3 is 4.74 Å². The molecule has 0 saturated carbocycles. The number of nitro benzene ring substituents is 1. The lowest BCUT2D eigenvalue weighted by molar-refractivity contribution is -0.385. The second-order valence-electron chi connectivity index (χ2n) is 4.94. The number of non-ortho nitro benzene ring substituents is 1. The van der Waals surface area contributed by atoms with Crippen LogP contribution in [0.2, 0.25) is 5.02 Å². The molecule has 0 bridgehead atoms. The van der Waals surface area contributed by atoms with Crippen molar-refractivity contribution in [1.82, 2.24) is 0 Å². The highest BCUT2D eigenvalue weighted by molar-refractivity contribution is 7.92. The Bertz CT molecular complexity index is 964. The van der Waals surface area contributed by atoms with Crippen LogP contribution in [-0.4, -0.2) is 32.2 Å². The third-order valence-electron chi connectivity index (χ3n) is 3.29. The van der Waals surface area contributed by atoms with Crippen molar-refractivity contribution in [2.45, 2.75) is 4.90 Å². The maximum absolute atomic E-state index is 13.0. The molecule has 0 aliphatic rings. The quantitative estimate of drug-likeness (QED) is 0.388. The number of benzene rings is 2. The summed E-state index contributed by atoms with van der Waals surface area (Å²) in [5, 5.41) is 10.2. The van der Waals surface area contributed by atoms with Crippen LogP contribution >= 0.6 is 23.2 Å². The van der Waals surface area contributed by atoms with E-state index in [4.69, 9.17) is 27.9 Å². The Labute approximate surface area is 159 Å². The zero-order chi connectivity index (χ0) is 19.5. The number of carbonyl (C=O) groups is 1. The van der Waals surface area contributed by atoms with E-state index in [0.717, 1.165) is 12.1 Å². The van der Waals surface area contributed by atoms with E-state index in [1.54, 1.807) is 0 Å². The molecule has 0 spiro atoms. The number of nitrogens with zero attached hydrogens (tertiary/aromatic N) is 2. The van der Waals surface area contributed by atoms with Gasteiger partial charge in [0.05, 0.1) is 22.6 Å². The lowest BCUT2D eigenvalue weighted by atomic mass is 10.3. The van der Waals surface area contributed by atoms with Crippen LogP contribution in [0.5, 0.6) is 5.75 Å². The van der Waals surface area contributed by atoms with Gasteiger partial charge >= 0.3 is 0 Å². The van der Waals surface area contributed by atoms with Crippen LogP contribution in [0.1, 0.15) is 0 Å². The van der Waals surface area contributed by atoms with E-state index in [1.807, 2.05) is 0 Å². The molecule has 26 heavy (non-hydrogen) atoms. The van der Waals surface area contributed by atoms with Crippen molar-refractivity contribution in [3.63, 3.8) is 0 Å². The fourth-order valence-corrected chi connectivity index (χ4v) is 3.98. The van der Waals surface area contributed by atoms with E-state index < -0.39 is 32.4 Å². The summed E-state index contributed by atoms with van der Waals surface area (Å²) in [6.07, 6.45) is 0. The van der Waals surface area contributed by atoms with E-state index in [-0.39, 0.29) is 21.4 Å². The minimum Gasteiger partial charge on any atom is -0.495 e. The van der Waals surface area contributed by atoms with Gasteiger partial charge in [-0.2, -0.15) is 0 Å². The molecule has 0 saturated heterocycles. The summed E-state index contributed by atoms with van der Waals surface area (Å²) in [5.41, 5.74) is -0.443. The van der Waals surface area contributed by atoms with Gasteiger partial charge in [0.2, 0.25) is 5.24 Å². The SMILES string of the molecule is COc1ccc(Cl)cc1N(CC(=O)Cl)S(=O)(=O)c1cccc([N+](=O)[O-])c1. The average molecular weight is 419 g/mol. The maximum Gasteiger partial charge on any atom is 0.270 e. The second-order valence-corrected chi connectivity index (χ2v) is 7.66. The second kappa shape index (κ2) is 7.90. The molecule has 11 heteroatoms. The van der Waals surface area contributed by atoms with Crippen LogP contribution in [0.3, 0.4) is 0 Å². The van der Waals surface area contributed by atoms with Gasteiger partial charge in [0, 0.05) is 17.2 Å². The predicted octanol–water partition coefficient (Wildman–Crippen LogP) is 3.22. The number of hydrogen-bond acceptors (Lipinski definition) is 6. The van der Waals surface area contributed by atoms with Gasteiger partial charge in [0.1, 0.15) is 12.3 Å². The summed E-state index contributed by atoms with van der Waals surface area (Å²) in [5.74, 6) is 0.126. The molecule has 0 aliphatic heterocycles. The lowest BCUT2D eigenvalue weighted by Gasteiger charge is -2.24. The van der Waals surface area contributed by atoms with Crippen LogP contribution in [0, 0.1) is 10.1 Å². The molecule has 138 valence electrons. The molecule has 0 heterocycles. The molecule has 0 unspecified atom stereocenters. The number of methoxy groups -OCH3 is 1. The third kappa shape index (κ3) is 4.24. The zero-order valence-electron chi connectivity index (χ0n) is 13.3. The lowest BCUT2D eigenvalue weighted by Crippen LogP contribution is -2.34. The molecule has 2 aromatic carbocycles. The summed E-state index contributed by atoms with van der Waals surface area (Å²) in [4.78, 5) is 21.3. The van der Waals surface area contributed by atoms with E-state index in [2.05, 4.69) is 0 Å². The number of halogens is 2. The minimum absolute atomic E-state index is 0.0273. The van der Waals surface area contributed by atoms with Gasteiger partial charge in [-0.05, 0) is 35.9 Å². The Hall–Kier alpha value is -2.36. The Balaban J connectivity index is 2.67. The van der Waals surface area contributed by atoms with Gasteiger partial charge in [-0.25, -0.2) is 8.42 Å². The number of carbonyl (C=O) groups excluding carboxylic acids is 1. The summed E-state index contributed by atoms with van der Waals surface area (Å²) in [6.45, 7) is -0.719. The number of ether oxygens (including phenoxy) is 1. The molecule has 0 aliphatic carbocycles. The molecule has 2 rings (SSSR count). The summed E-state index contributed by atoms with van der Waals surface area (Å²) >= 11 is 11.3. The van der Waals surface area contributed by atoms with Crippen LogP contribution < -0.4 is 9.04 Å². The zero-order valence-corrected chi connectivity index (χ0v) is 15.6. The number of rotatable bonds is 7. The average Bonchev–Trinajstić information content (AvgIpc) is 2.59. The predicted molar refractivity (Wildman–Crippen MR) is 96.5 cm³/mol. The minimum atomic E-state index is -4.37. The van der Waals surface area contributed by atoms with Crippen molar-refractivity contribution in [1.29, 1.82) is 0 Å². The number of anilines is 1.